The van der Waals surface area contributed by atoms with Crippen LogP contribution in [-0.4, -0.2) is 126 Å². The Labute approximate surface area is 413 Å². The summed E-state index contributed by atoms with van der Waals surface area (Å²) in [6, 6.07) is 16.3. The fourth-order valence-electron chi connectivity index (χ4n) is 9.41. The van der Waals surface area contributed by atoms with Crippen molar-refractivity contribution < 1.29 is 31.2 Å². The Morgan fingerprint density at radius 3 is 1.54 bits per heavy atom. The second-order valence-corrected chi connectivity index (χ2v) is 23.6. The lowest BCUT2D eigenvalue weighted by Crippen LogP contribution is -2.54. The topological polar surface area (TPSA) is 300 Å². The first-order chi connectivity index (χ1) is 32.8. The molecule has 9 N–H and O–H groups in total. The summed E-state index contributed by atoms with van der Waals surface area (Å²) in [4.78, 5) is 52.1. The molecule has 2 aliphatic carbocycles. The van der Waals surface area contributed by atoms with Gasteiger partial charge in [-0.25, -0.2) is 36.8 Å². The van der Waals surface area contributed by atoms with E-state index in [1.807, 2.05) is 54.7 Å². The molecule has 2 saturated carbocycles. The monoisotopic (exact) mass is 1020 g/mol. The Morgan fingerprint density at radius 1 is 0.700 bits per heavy atom. The molecule has 0 bridgehead atoms. The molecule has 0 radical (unpaired) electrons. The Kier molecular flexibility index (Phi) is 16.0. The lowest BCUT2D eigenvalue weighted by atomic mass is 9.79. The van der Waals surface area contributed by atoms with Crippen molar-refractivity contribution >= 4 is 83.9 Å². The fourth-order valence-corrected chi connectivity index (χ4v) is 10.6. The van der Waals surface area contributed by atoms with Crippen molar-refractivity contribution in [1.29, 1.82) is 0 Å². The van der Waals surface area contributed by atoms with E-state index < -0.39 is 19.7 Å². The number of halogens is 1. The number of aldehydes is 1. The zero-order chi connectivity index (χ0) is 49.2. The summed E-state index contributed by atoms with van der Waals surface area (Å²) in [6.45, 7) is 4.08. The minimum absolute atomic E-state index is 0. The number of aromatic nitrogens is 6. The predicted molar refractivity (Wildman–Crippen MR) is 273 cm³/mol. The maximum atomic E-state index is 11.6. The highest BCUT2D eigenvalue weighted by Crippen LogP contribution is 2.44. The second-order valence-electron chi connectivity index (χ2n) is 19.1. The number of sulfone groups is 2. The van der Waals surface area contributed by atoms with Crippen LogP contribution in [-0.2, 0) is 46.9 Å². The highest BCUT2D eigenvalue weighted by molar-refractivity contribution is 7.90. The molecule has 70 heavy (non-hydrogen) atoms. The number of benzene rings is 2. The maximum absolute atomic E-state index is 11.6. The zero-order valence-electron chi connectivity index (χ0n) is 39.2. The first-order valence-corrected chi connectivity index (χ1v) is 27.2. The number of hydrogen-bond acceptors (Lipinski definition) is 15. The number of nitrogens with one attached hydrogen (secondary N) is 1. The summed E-state index contributed by atoms with van der Waals surface area (Å²) < 4.78 is 50.5. The van der Waals surface area contributed by atoms with Crippen LogP contribution in [0.3, 0.4) is 0 Å². The van der Waals surface area contributed by atoms with Crippen molar-refractivity contribution in [2.75, 3.05) is 68.2 Å². The normalized spacial score (nSPS) is 20.3. The average molecular weight is 1020 g/mol. The molecule has 6 heterocycles. The number of likely N-dealkylation sites (tertiary alicyclic amines) is 1. The largest absolute Gasteiger partial charge is 0.383 e. The molecule has 374 valence electrons. The van der Waals surface area contributed by atoms with Gasteiger partial charge in [0.25, 0.3) is 0 Å². The van der Waals surface area contributed by atoms with Crippen LogP contribution in [0.15, 0.2) is 73.6 Å². The van der Waals surface area contributed by atoms with Crippen molar-refractivity contribution in [1.82, 2.24) is 39.3 Å². The molecular formula is C48H61ClN12O7S2. The summed E-state index contributed by atoms with van der Waals surface area (Å²) in [5, 5.41) is 4.56. The minimum atomic E-state index is -3.03. The van der Waals surface area contributed by atoms with Crippen molar-refractivity contribution in [3.8, 4) is 22.3 Å². The number of aryl methyl sites for hydroxylation is 2. The molecule has 0 unspecified atom stereocenters. The molecule has 2 saturated heterocycles. The molecule has 22 heteroatoms. The van der Waals surface area contributed by atoms with Crippen LogP contribution in [0.5, 0.6) is 0 Å². The van der Waals surface area contributed by atoms with Gasteiger partial charge in [-0.05, 0) is 66.7 Å². The lowest BCUT2D eigenvalue weighted by Gasteiger charge is -2.44. The van der Waals surface area contributed by atoms with Gasteiger partial charge in [-0.15, -0.1) is 12.4 Å². The quantitative estimate of drug-likeness (QED) is 0.0924. The SMILES string of the molecule is CS(=O)(=O)CCc1cccc(-c2cn(C3CC(C=O)C3)c3ncnc(N)c23)c1.CS(=O)(=O)CCc1cccc(-c2cn(C3CC(CN4CC(C(N)=O)C4)C3)c3ncnc(N)c23)c1.Cl.NC(=O)C1CNC1. The molecule has 2 amide bonds. The second kappa shape index (κ2) is 21.6. The molecule has 10 rings (SSSR count). The summed E-state index contributed by atoms with van der Waals surface area (Å²) in [5.41, 5.74) is 30.1. The van der Waals surface area contributed by atoms with Gasteiger partial charge >= 0.3 is 0 Å². The van der Waals surface area contributed by atoms with Crippen LogP contribution in [0.25, 0.3) is 44.3 Å². The first kappa shape index (κ1) is 51.8. The molecule has 2 aromatic carbocycles. The van der Waals surface area contributed by atoms with Crippen LogP contribution in [0.4, 0.5) is 11.6 Å². The third kappa shape index (κ3) is 12.1. The van der Waals surface area contributed by atoms with Crippen molar-refractivity contribution in [3.63, 3.8) is 0 Å². The molecule has 6 aromatic rings. The summed E-state index contributed by atoms with van der Waals surface area (Å²) in [5.74, 6) is 1.48. The summed E-state index contributed by atoms with van der Waals surface area (Å²) >= 11 is 0. The van der Waals surface area contributed by atoms with Crippen LogP contribution in [0.2, 0.25) is 0 Å². The minimum Gasteiger partial charge on any atom is -0.383 e. The van der Waals surface area contributed by atoms with Crippen LogP contribution >= 0.6 is 12.4 Å². The van der Waals surface area contributed by atoms with E-state index in [0.717, 1.165) is 120 Å². The van der Waals surface area contributed by atoms with Gasteiger partial charge in [-0.2, -0.15) is 0 Å². The van der Waals surface area contributed by atoms with E-state index in [1.165, 1.54) is 25.2 Å². The van der Waals surface area contributed by atoms with Gasteiger partial charge in [-0.3, -0.25) is 9.59 Å². The van der Waals surface area contributed by atoms with Gasteiger partial charge in [0.05, 0.1) is 34.1 Å². The van der Waals surface area contributed by atoms with Crippen molar-refractivity contribution in [2.45, 2.75) is 50.6 Å². The Morgan fingerprint density at radius 2 is 1.16 bits per heavy atom. The van der Waals surface area contributed by atoms with E-state index in [2.05, 4.69) is 45.5 Å². The standard InChI is InChI=1S/C24H30N6O3S.C20H22N4O3S.C4H8N2O.ClH/c1-34(32,33)6-5-15-3-2-4-17(7-15)20-13-30(24-21(20)22(25)27-14-28-24)19-8-16(9-19)10-29-11-18(12-29)23(26)31;1-28(26,27)6-5-13-3-2-4-15(7-13)17-10-24(16-8-14(9-16)11-25)20-18(17)19(21)22-12-23-20;5-4(7)3-1-6-2-3;/h2-4,7,13-14,16,18-19H,5-6,8-12H2,1H3,(H2,26,31)(H2,25,27,28);2-4,7,10-12,14,16H,5-6,8-9H2,1H3,(H2,21,22,23);3,6H,1-2H2,(H2,5,7);1H. The maximum Gasteiger partial charge on any atom is 0.223 e. The van der Waals surface area contributed by atoms with Crippen LogP contribution in [0, 0.1) is 23.7 Å². The van der Waals surface area contributed by atoms with Gasteiger partial charge < -0.3 is 47.1 Å². The fraction of sp³-hybridized carbons (Fsp3) is 0.438. The van der Waals surface area contributed by atoms with Gasteiger partial charge in [0.15, 0.2) is 0 Å². The van der Waals surface area contributed by atoms with Gasteiger partial charge in [0.2, 0.25) is 11.8 Å². The number of anilines is 2. The number of amides is 2. The van der Waals surface area contributed by atoms with Gasteiger partial charge in [0.1, 0.15) is 61.5 Å². The van der Waals surface area contributed by atoms with Crippen LogP contribution < -0.4 is 28.3 Å². The van der Waals surface area contributed by atoms with E-state index in [-0.39, 0.29) is 59.5 Å². The molecule has 2 aliphatic heterocycles. The molecule has 0 spiro atoms. The number of nitrogens with two attached hydrogens (primary N) is 4. The number of hydrogen-bond donors (Lipinski definition) is 5. The van der Waals surface area contributed by atoms with Crippen LogP contribution in [0.1, 0.15) is 48.9 Å². The van der Waals surface area contributed by atoms with E-state index in [9.17, 15) is 31.2 Å². The smallest absolute Gasteiger partial charge is 0.223 e. The van der Waals surface area contributed by atoms with Crippen molar-refractivity contribution in [3.05, 3.63) is 84.7 Å². The number of primary amides is 2. The molecule has 4 aliphatic rings. The highest BCUT2D eigenvalue weighted by atomic mass is 35.5. The third-order valence-corrected chi connectivity index (χ3v) is 15.6. The number of nitrogens with zero attached hydrogens (tertiary/aromatic N) is 7. The Bertz CT molecular complexity index is 3110. The summed E-state index contributed by atoms with van der Waals surface area (Å²) in [7, 11) is -6.06. The summed E-state index contributed by atoms with van der Waals surface area (Å²) in [6.07, 6.45) is 15.2. The highest BCUT2D eigenvalue weighted by Gasteiger charge is 2.38. The predicted octanol–water partition coefficient (Wildman–Crippen LogP) is 3.17. The number of fused-ring (bicyclic) bond motifs is 2. The third-order valence-electron chi connectivity index (χ3n) is 13.7. The number of carbonyl (C=O) groups is 3. The zero-order valence-corrected chi connectivity index (χ0v) is 41.6. The molecule has 4 aromatic heterocycles. The number of carbonyl (C=O) groups excluding carboxylic acids is 3. The average Bonchev–Trinajstić information content (AvgIpc) is 3.81. The van der Waals surface area contributed by atoms with Gasteiger partial charge in [0, 0.05) is 86.8 Å². The molecule has 0 atom stereocenters. The lowest BCUT2D eigenvalue weighted by molar-refractivity contribution is -0.127. The van der Waals surface area contributed by atoms with E-state index in [4.69, 9.17) is 22.9 Å². The van der Waals surface area contributed by atoms with E-state index in [1.54, 1.807) is 0 Å². The van der Waals surface area contributed by atoms with E-state index in [0.29, 0.717) is 36.4 Å². The molecular weight excluding hydrogens is 956 g/mol. The van der Waals surface area contributed by atoms with Crippen molar-refractivity contribution in [2.24, 2.45) is 35.1 Å². The molecule has 19 nitrogen and oxygen atoms in total. The molecule has 4 fully saturated rings. The number of nitrogen functional groups attached to an aromatic ring is 2. The Balaban J connectivity index is 0.000000181. The van der Waals surface area contributed by atoms with Gasteiger partial charge in [-0.1, -0.05) is 48.5 Å². The number of rotatable bonds is 15. The first-order valence-electron chi connectivity index (χ1n) is 23.1. The van der Waals surface area contributed by atoms with E-state index >= 15 is 0 Å². The Hall–Kier alpha value is -6.00.